The lowest BCUT2D eigenvalue weighted by Gasteiger charge is -2.33. The topological polar surface area (TPSA) is 39.7 Å². The van der Waals surface area contributed by atoms with Crippen LogP contribution in [0.3, 0.4) is 0 Å². The summed E-state index contributed by atoms with van der Waals surface area (Å²) < 4.78 is 0. The lowest BCUT2D eigenvalue weighted by Crippen LogP contribution is -2.48. The molecule has 126 valence electrons. The summed E-state index contributed by atoms with van der Waals surface area (Å²) in [4.78, 5) is 8.14. The molecule has 2 aromatic rings. The maximum Gasteiger partial charge on any atom is 0.191 e. The molecule has 1 saturated heterocycles. The van der Waals surface area contributed by atoms with Crippen LogP contribution in [0.25, 0.3) is 0 Å². The molecule has 0 radical (unpaired) electrons. The highest BCUT2D eigenvalue weighted by atomic mass is 127. The maximum atomic E-state index is 4.34. The molecule has 0 aliphatic carbocycles. The smallest absolute Gasteiger partial charge is 0.191 e. The van der Waals surface area contributed by atoms with Crippen LogP contribution in [0.5, 0.6) is 0 Å². The van der Waals surface area contributed by atoms with Crippen LogP contribution in [-0.2, 0) is 6.54 Å². The Kier molecular flexibility index (Phi) is 7.64. The normalized spacial score (nSPS) is 16.0. The number of nitrogens with zero attached hydrogens (tertiary/aromatic N) is 2. The summed E-state index contributed by atoms with van der Waals surface area (Å²) in [5.74, 6) is 0.906. The van der Waals surface area contributed by atoms with Crippen molar-refractivity contribution in [3.63, 3.8) is 0 Å². The Morgan fingerprint density at radius 1 is 1.22 bits per heavy atom. The lowest BCUT2D eigenvalue weighted by molar-refractivity contribution is 0.463. The second-order valence-corrected chi connectivity index (χ2v) is 7.32. The second-order valence-electron chi connectivity index (χ2n) is 5.36. The first kappa shape index (κ1) is 18.5. The molecule has 1 aliphatic rings. The highest BCUT2D eigenvalue weighted by Crippen LogP contribution is 2.24. The number of hydrogen-bond donors (Lipinski definition) is 2. The molecule has 0 atom stereocenters. The third kappa shape index (κ3) is 5.36. The Morgan fingerprint density at radius 3 is 2.57 bits per heavy atom. The molecule has 2 aromatic heterocycles. The average molecular weight is 462 g/mol. The van der Waals surface area contributed by atoms with Gasteiger partial charge in [0.2, 0.25) is 0 Å². The second kappa shape index (κ2) is 9.48. The van der Waals surface area contributed by atoms with Crippen LogP contribution in [-0.4, -0.2) is 32.1 Å². The summed E-state index contributed by atoms with van der Waals surface area (Å²) in [6, 6.07) is 9.06. The van der Waals surface area contributed by atoms with Gasteiger partial charge in [-0.3, -0.25) is 4.99 Å². The van der Waals surface area contributed by atoms with Gasteiger partial charge >= 0.3 is 0 Å². The number of halogens is 1. The molecule has 7 heteroatoms. The molecule has 1 aliphatic heterocycles. The first-order valence-electron chi connectivity index (χ1n) is 7.63. The molecule has 0 amide bonds. The summed E-state index contributed by atoms with van der Waals surface area (Å²) in [6.07, 6.45) is 2.30. The van der Waals surface area contributed by atoms with Crippen LogP contribution in [0.2, 0.25) is 0 Å². The van der Waals surface area contributed by atoms with Gasteiger partial charge in [0.25, 0.3) is 0 Å². The highest BCUT2D eigenvalue weighted by Gasteiger charge is 2.20. The van der Waals surface area contributed by atoms with Crippen LogP contribution in [0.4, 0.5) is 5.00 Å². The lowest BCUT2D eigenvalue weighted by atomic mass is 10.1. The maximum absolute atomic E-state index is 4.34. The van der Waals surface area contributed by atoms with E-state index in [4.69, 9.17) is 0 Å². The van der Waals surface area contributed by atoms with E-state index in [-0.39, 0.29) is 24.0 Å². The van der Waals surface area contributed by atoms with Crippen molar-refractivity contribution >= 4 is 57.6 Å². The van der Waals surface area contributed by atoms with Crippen LogP contribution in [0.15, 0.2) is 40.0 Å². The summed E-state index contributed by atoms with van der Waals surface area (Å²) in [6.45, 7) is 3.06. The SMILES string of the molecule is CN=C(NCc1cccs1)NC1CCN(c2cccs2)CC1.I. The third-order valence-corrected chi connectivity index (χ3v) is 5.69. The molecule has 23 heavy (non-hydrogen) atoms. The van der Waals surface area contributed by atoms with Gasteiger partial charge in [-0.1, -0.05) is 6.07 Å². The van der Waals surface area contributed by atoms with Crippen LogP contribution in [0, 0.1) is 0 Å². The molecule has 0 unspecified atom stereocenters. The van der Waals surface area contributed by atoms with Gasteiger partial charge < -0.3 is 15.5 Å². The fourth-order valence-corrected chi connectivity index (χ4v) is 4.10. The van der Waals surface area contributed by atoms with Gasteiger partial charge in [0, 0.05) is 31.1 Å². The molecule has 0 bridgehead atoms. The van der Waals surface area contributed by atoms with Crippen molar-refractivity contribution in [1.29, 1.82) is 0 Å². The zero-order chi connectivity index (χ0) is 15.2. The number of anilines is 1. The number of thiophene rings is 2. The number of guanidine groups is 1. The fraction of sp³-hybridized carbons (Fsp3) is 0.438. The van der Waals surface area contributed by atoms with E-state index in [0.717, 1.165) is 38.4 Å². The number of hydrogen-bond acceptors (Lipinski definition) is 4. The first-order valence-corrected chi connectivity index (χ1v) is 9.39. The van der Waals surface area contributed by atoms with E-state index in [0.29, 0.717) is 6.04 Å². The summed E-state index contributed by atoms with van der Waals surface area (Å²) in [7, 11) is 1.84. The quantitative estimate of drug-likeness (QED) is 0.413. The zero-order valence-corrected chi connectivity index (χ0v) is 17.2. The monoisotopic (exact) mass is 462 g/mol. The minimum atomic E-state index is 0. The molecule has 0 saturated carbocycles. The van der Waals surface area contributed by atoms with E-state index in [9.17, 15) is 0 Å². The third-order valence-electron chi connectivity index (χ3n) is 3.89. The van der Waals surface area contributed by atoms with Crippen molar-refractivity contribution in [3.8, 4) is 0 Å². The van der Waals surface area contributed by atoms with Crippen molar-refractivity contribution < 1.29 is 0 Å². The predicted octanol–water partition coefficient (Wildman–Crippen LogP) is 3.76. The van der Waals surface area contributed by atoms with Gasteiger partial charge in [-0.05, 0) is 41.8 Å². The summed E-state index contributed by atoms with van der Waals surface area (Å²) in [5.41, 5.74) is 0. The van der Waals surface area contributed by atoms with Gasteiger partial charge in [-0.15, -0.1) is 46.7 Å². The van der Waals surface area contributed by atoms with Crippen molar-refractivity contribution in [2.75, 3.05) is 25.0 Å². The Morgan fingerprint density at radius 2 is 1.96 bits per heavy atom. The molecule has 3 heterocycles. The van der Waals surface area contributed by atoms with E-state index in [1.807, 2.05) is 18.4 Å². The number of nitrogens with one attached hydrogen (secondary N) is 2. The fourth-order valence-electron chi connectivity index (χ4n) is 2.67. The first-order chi connectivity index (χ1) is 10.8. The van der Waals surface area contributed by atoms with Crippen molar-refractivity contribution in [2.24, 2.45) is 4.99 Å². The van der Waals surface area contributed by atoms with Crippen LogP contribution >= 0.6 is 46.7 Å². The van der Waals surface area contributed by atoms with Crippen LogP contribution in [0.1, 0.15) is 17.7 Å². The van der Waals surface area contributed by atoms with Crippen LogP contribution < -0.4 is 15.5 Å². The molecule has 1 fully saturated rings. The molecular formula is C16H23IN4S2. The van der Waals surface area contributed by atoms with Gasteiger partial charge in [-0.25, -0.2) is 0 Å². The Bertz CT molecular complexity index is 575. The highest BCUT2D eigenvalue weighted by molar-refractivity contribution is 14.0. The van der Waals surface area contributed by atoms with E-state index < -0.39 is 0 Å². The predicted molar refractivity (Wildman–Crippen MR) is 113 cm³/mol. The Balaban J connectivity index is 0.00000192. The minimum Gasteiger partial charge on any atom is -0.363 e. The summed E-state index contributed by atoms with van der Waals surface area (Å²) >= 11 is 3.60. The largest absolute Gasteiger partial charge is 0.363 e. The van der Waals surface area contributed by atoms with Gasteiger partial charge in [0.05, 0.1) is 11.5 Å². The van der Waals surface area contributed by atoms with Gasteiger partial charge in [0.1, 0.15) is 0 Å². The molecule has 4 nitrogen and oxygen atoms in total. The molecule has 0 spiro atoms. The van der Waals surface area contributed by atoms with Gasteiger partial charge in [-0.2, -0.15) is 0 Å². The standard InChI is InChI=1S/C16H22N4S2.HI/c1-17-16(18-12-14-4-2-10-21-14)19-13-6-8-20(9-7-13)15-5-3-11-22-15;/h2-5,10-11,13H,6-9,12H2,1H3,(H2,17,18,19);1H. The van der Waals surface area contributed by atoms with E-state index >= 15 is 0 Å². The molecular weight excluding hydrogens is 439 g/mol. The van der Waals surface area contributed by atoms with Crippen molar-refractivity contribution in [3.05, 3.63) is 39.9 Å². The Hall–Kier alpha value is -0.800. The van der Waals surface area contributed by atoms with Gasteiger partial charge in [0.15, 0.2) is 5.96 Å². The number of aliphatic imine (C=N–C) groups is 1. The van der Waals surface area contributed by atoms with E-state index in [2.05, 4.69) is 55.6 Å². The van der Waals surface area contributed by atoms with Crippen molar-refractivity contribution in [1.82, 2.24) is 10.6 Å². The zero-order valence-electron chi connectivity index (χ0n) is 13.2. The summed E-state index contributed by atoms with van der Waals surface area (Å²) in [5, 5.41) is 12.6. The minimum absolute atomic E-state index is 0. The number of rotatable bonds is 4. The number of piperidine rings is 1. The van der Waals surface area contributed by atoms with Crippen molar-refractivity contribution in [2.45, 2.75) is 25.4 Å². The molecule has 2 N–H and O–H groups in total. The average Bonchev–Trinajstić information content (AvgIpc) is 3.25. The molecule has 0 aromatic carbocycles. The Labute approximate surface area is 163 Å². The van der Waals surface area contributed by atoms with E-state index in [1.165, 1.54) is 9.88 Å². The van der Waals surface area contributed by atoms with E-state index in [1.54, 1.807) is 11.3 Å². The molecule has 3 rings (SSSR count).